The first-order chi connectivity index (χ1) is 11.7. The molecule has 24 heavy (non-hydrogen) atoms. The second-order valence-electron chi connectivity index (χ2n) is 6.26. The average molecular weight is 325 g/mol. The summed E-state index contributed by atoms with van der Waals surface area (Å²) in [5, 5.41) is 12.1. The smallest absolute Gasteiger partial charge is 0.254 e. The molecule has 5 heteroatoms. The molecule has 0 aliphatic carbocycles. The zero-order chi connectivity index (χ0) is 16.9. The number of rotatable bonds is 5. The summed E-state index contributed by atoms with van der Waals surface area (Å²) >= 11 is 0. The molecule has 0 radical (unpaired) electrons. The Bertz CT molecular complexity index is 700. The number of nitrogens with zero attached hydrogens (tertiary/aromatic N) is 2. The number of carbonyl (C=O) groups is 1. The molecule has 126 valence electrons. The van der Waals surface area contributed by atoms with Crippen molar-refractivity contribution < 1.29 is 9.90 Å². The zero-order valence-electron chi connectivity index (χ0n) is 13.9. The van der Waals surface area contributed by atoms with E-state index < -0.39 is 0 Å². The topological polar surface area (TPSA) is 65.5 Å². The molecule has 5 nitrogen and oxygen atoms in total. The fourth-order valence-electron chi connectivity index (χ4n) is 3.18. The number of benzene rings is 1. The maximum Gasteiger partial charge on any atom is 0.254 e. The number of aliphatic hydroxyl groups excluding tert-OH is 1. The highest BCUT2D eigenvalue weighted by molar-refractivity contribution is 5.95. The van der Waals surface area contributed by atoms with Crippen LogP contribution in [0.4, 0.5) is 5.82 Å². The van der Waals surface area contributed by atoms with Gasteiger partial charge in [0.15, 0.2) is 0 Å². The van der Waals surface area contributed by atoms with Crippen LogP contribution in [0.15, 0.2) is 42.6 Å². The van der Waals surface area contributed by atoms with Gasteiger partial charge in [-0.1, -0.05) is 24.3 Å². The minimum Gasteiger partial charge on any atom is -0.392 e. The summed E-state index contributed by atoms with van der Waals surface area (Å²) in [6.07, 6.45) is 3.65. The molecular formula is C19H23N3O2. The van der Waals surface area contributed by atoms with Gasteiger partial charge >= 0.3 is 0 Å². The summed E-state index contributed by atoms with van der Waals surface area (Å²) in [4.78, 5) is 18.7. The van der Waals surface area contributed by atoms with Crippen LogP contribution in [0.2, 0.25) is 0 Å². The fraction of sp³-hybridized carbons (Fsp3) is 0.368. The first-order valence-electron chi connectivity index (χ1n) is 8.31. The van der Waals surface area contributed by atoms with E-state index in [4.69, 9.17) is 5.11 Å². The molecule has 0 bridgehead atoms. The van der Waals surface area contributed by atoms with E-state index in [0.29, 0.717) is 17.3 Å². The molecule has 1 aromatic carbocycles. The van der Waals surface area contributed by atoms with Crippen LogP contribution in [0.25, 0.3) is 0 Å². The van der Waals surface area contributed by atoms with Crippen LogP contribution < -0.4 is 5.32 Å². The fourth-order valence-corrected chi connectivity index (χ4v) is 3.18. The number of pyridine rings is 1. The van der Waals surface area contributed by atoms with E-state index in [1.54, 1.807) is 25.4 Å². The Balaban J connectivity index is 1.60. The van der Waals surface area contributed by atoms with Crippen LogP contribution in [0.5, 0.6) is 0 Å². The lowest BCUT2D eigenvalue weighted by molar-refractivity contribution is 0.0787. The lowest BCUT2D eigenvalue weighted by Crippen LogP contribution is -2.29. The van der Waals surface area contributed by atoms with Gasteiger partial charge in [-0.25, -0.2) is 4.98 Å². The quantitative estimate of drug-likeness (QED) is 0.885. The van der Waals surface area contributed by atoms with Gasteiger partial charge in [0.1, 0.15) is 5.82 Å². The minimum atomic E-state index is 0.0759. The number of amides is 1. The summed E-state index contributed by atoms with van der Waals surface area (Å²) in [6.45, 7) is 1.67. The van der Waals surface area contributed by atoms with Gasteiger partial charge in [0, 0.05) is 31.9 Å². The Morgan fingerprint density at radius 2 is 2.04 bits per heavy atom. The highest BCUT2D eigenvalue weighted by Gasteiger charge is 2.27. The maximum absolute atomic E-state index is 12.6. The monoisotopic (exact) mass is 325 g/mol. The van der Waals surface area contributed by atoms with Gasteiger partial charge < -0.3 is 15.3 Å². The Hall–Kier alpha value is -2.40. The highest BCUT2D eigenvalue weighted by atomic mass is 16.3. The van der Waals surface area contributed by atoms with Crippen LogP contribution in [-0.2, 0) is 13.0 Å². The molecule has 1 aliphatic rings. The highest BCUT2D eigenvalue weighted by Crippen LogP contribution is 2.23. The molecule has 1 fully saturated rings. The molecule has 2 N–H and O–H groups in total. The van der Waals surface area contributed by atoms with Crippen molar-refractivity contribution in [1.82, 2.24) is 9.88 Å². The lowest BCUT2D eigenvalue weighted by atomic mass is 9.98. The van der Waals surface area contributed by atoms with Gasteiger partial charge in [-0.05, 0) is 42.0 Å². The Morgan fingerprint density at radius 3 is 2.75 bits per heavy atom. The standard InChI is InChI=1S/C19H23N3O2/c1-20-18-11-17(6-8-21-18)19(24)22-9-7-16(12-22)10-14-2-4-15(13-23)5-3-14/h2-6,8,11,16,23H,7,9-10,12-13H2,1H3,(H,20,21)/t16-/m0/s1. The Morgan fingerprint density at radius 1 is 1.29 bits per heavy atom. The second-order valence-corrected chi connectivity index (χ2v) is 6.26. The Labute approximate surface area is 142 Å². The van der Waals surface area contributed by atoms with Crippen molar-refractivity contribution in [3.05, 3.63) is 59.3 Å². The SMILES string of the molecule is CNc1cc(C(=O)N2CC[C@@H](Cc3ccc(CO)cc3)C2)ccn1. The largest absolute Gasteiger partial charge is 0.392 e. The van der Waals surface area contributed by atoms with Crippen molar-refractivity contribution in [2.24, 2.45) is 5.92 Å². The van der Waals surface area contributed by atoms with Crippen LogP contribution >= 0.6 is 0 Å². The minimum absolute atomic E-state index is 0.0759. The summed E-state index contributed by atoms with van der Waals surface area (Å²) in [6, 6.07) is 11.6. The number of nitrogens with one attached hydrogen (secondary N) is 1. The molecule has 2 heterocycles. The van der Waals surface area contributed by atoms with Gasteiger partial charge in [0.2, 0.25) is 0 Å². The molecule has 1 amide bonds. The number of anilines is 1. The van der Waals surface area contributed by atoms with E-state index in [9.17, 15) is 4.79 Å². The van der Waals surface area contributed by atoms with E-state index in [0.717, 1.165) is 31.5 Å². The molecule has 3 rings (SSSR count). The number of carbonyl (C=O) groups excluding carboxylic acids is 1. The van der Waals surface area contributed by atoms with Gasteiger partial charge in [-0.15, -0.1) is 0 Å². The van der Waals surface area contributed by atoms with Crippen molar-refractivity contribution in [2.45, 2.75) is 19.4 Å². The van der Waals surface area contributed by atoms with Crippen LogP contribution in [0.1, 0.15) is 27.9 Å². The van der Waals surface area contributed by atoms with Gasteiger partial charge in [0.05, 0.1) is 6.61 Å². The third-order valence-corrected chi connectivity index (χ3v) is 4.57. The number of aromatic nitrogens is 1. The molecule has 2 aromatic rings. The Kier molecular flexibility index (Phi) is 5.11. The molecule has 0 saturated carbocycles. The molecule has 0 unspecified atom stereocenters. The second kappa shape index (κ2) is 7.45. The maximum atomic E-state index is 12.6. The van der Waals surface area contributed by atoms with Crippen molar-refractivity contribution in [3.63, 3.8) is 0 Å². The molecule has 0 spiro atoms. The van der Waals surface area contributed by atoms with Crippen molar-refractivity contribution in [1.29, 1.82) is 0 Å². The lowest BCUT2D eigenvalue weighted by Gasteiger charge is -2.17. The van der Waals surface area contributed by atoms with E-state index in [-0.39, 0.29) is 12.5 Å². The van der Waals surface area contributed by atoms with Gasteiger partial charge in [-0.3, -0.25) is 4.79 Å². The number of hydrogen-bond donors (Lipinski definition) is 2. The first kappa shape index (κ1) is 16.5. The molecule has 1 aliphatic heterocycles. The van der Waals surface area contributed by atoms with Crippen LogP contribution in [0.3, 0.4) is 0 Å². The van der Waals surface area contributed by atoms with E-state index in [1.165, 1.54) is 5.56 Å². The van der Waals surface area contributed by atoms with Gasteiger partial charge in [-0.2, -0.15) is 0 Å². The summed E-state index contributed by atoms with van der Waals surface area (Å²) in [5.41, 5.74) is 2.87. The van der Waals surface area contributed by atoms with Crippen LogP contribution in [0, 0.1) is 5.92 Å². The normalized spacial score (nSPS) is 17.1. The van der Waals surface area contributed by atoms with Crippen molar-refractivity contribution >= 4 is 11.7 Å². The number of likely N-dealkylation sites (tertiary alicyclic amines) is 1. The number of aliphatic hydroxyl groups is 1. The van der Waals surface area contributed by atoms with E-state index >= 15 is 0 Å². The third kappa shape index (κ3) is 3.74. The first-order valence-corrected chi connectivity index (χ1v) is 8.31. The molecule has 1 atom stereocenters. The van der Waals surface area contributed by atoms with Crippen molar-refractivity contribution in [2.75, 3.05) is 25.5 Å². The zero-order valence-corrected chi connectivity index (χ0v) is 13.9. The summed E-state index contributed by atoms with van der Waals surface area (Å²) in [5.74, 6) is 1.27. The molecule has 1 saturated heterocycles. The molecule has 1 aromatic heterocycles. The van der Waals surface area contributed by atoms with Crippen LogP contribution in [-0.4, -0.2) is 41.0 Å². The predicted octanol–water partition coefficient (Wildman–Crippen LogP) is 2.32. The van der Waals surface area contributed by atoms with Gasteiger partial charge in [0.25, 0.3) is 5.91 Å². The number of hydrogen-bond acceptors (Lipinski definition) is 4. The average Bonchev–Trinajstić information content (AvgIpc) is 3.10. The third-order valence-electron chi connectivity index (χ3n) is 4.57. The van der Waals surface area contributed by atoms with E-state index in [2.05, 4.69) is 22.4 Å². The van der Waals surface area contributed by atoms with E-state index in [1.807, 2.05) is 17.0 Å². The summed E-state index contributed by atoms with van der Waals surface area (Å²) < 4.78 is 0. The predicted molar refractivity (Wildman–Crippen MR) is 93.9 cm³/mol. The van der Waals surface area contributed by atoms with Crippen molar-refractivity contribution in [3.8, 4) is 0 Å². The summed E-state index contributed by atoms with van der Waals surface area (Å²) in [7, 11) is 1.80. The molecular weight excluding hydrogens is 302 g/mol.